The first-order valence-electron chi connectivity index (χ1n) is 6.81. The molecule has 104 valence electrons. The van der Waals surface area contributed by atoms with Crippen LogP contribution in [0, 0.1) is 6.92 Å². The maximum Gasteiger partial charge on any atom is 0.225 e. The summed E-state index contributed by atoms with van der Waals surface area (Å²) in [4.78, 5) is 12.1. The molecule has 1 atom stereocenters. The fourth-order valence-corrected chi connectivity index (χ4v) is 2.32. The van der Waals surface area contributed by atoms with Crippen LogP contribution in [0.5, 0.6) is 0 Å². The van der Waals surface area contributed by atoms with Crippen molar-refractivity contribution in [3.05, 3.63) is 65.7 Å². The lowest BCUT2D eigenvalue weighted by Crippen LogP contribution is -2.21. The van der Waals surface area contributed by atoms with Crippen molar-refractivity contribution in [2.75, 3.05) is 11.9 Å². The molecule has 2 aromatic carbocycles. The molecule has 2 aromatic rings. The van der Waals surface area contributed by atoms with Crippen molar-refractivity contribution in [3.8, 4) is 0 Å². The van der Waals surface area contributed by atoms with Crippen molar-refractivity contribution in [2.45, 2.75) is 19.3 Å². The van der Waals surface area contributed by atoms with Crippen LogP contribution in [0.4, 0.5) is 5.69 Å². The Morgan fingerprint density at radius 1 is 1.10 bits per heavy atom. The number of rotatable bonds is 5. The van der Waals surface area contributed by atoms with Gasteiger partial charge in [0.15, 0.2) is 0 Å². The smallest absolute Gasteiger partial charge is 0.225 e. The topological polar surface area (TPSA) is 55.1 Å². The molecular formula is C17H20N2O. The van der Waals surface area contributed by atoms with Crippen molar-refractivity contribution in [1.82, 2.24) is 0 Å². The Hall–Kier alpha value is -2.13. The van der Waals surface area contributed by atoms with Crippen molar-refractivity contribution >= 4 is 11.6 Å². The maximum atomic E-state index is 12.1. The molecule has 0 radical (unpaired) electrons. The molecule has 2 rings (SSSR count). The summed E-state index contributed by atoms with van der Waals surface area (Å²) >= 11 is 0. The van der Waals surface area contributed by atoms with E-state index in [0.29, 0.717) is 13.0 Å². The Morgan fingerprint density at radius 2 is 1.75 bits per heavy atom. The number of para-hydroxylation sites is 1. The van der Waals surface area contributed by atoms with Crippen LogP contribution in [-0.4, -0.2) is 12.5 Å². The van der Waals surface area contributed by atoms with Crippen LogP contribution in [-0.2, 0) is 4.79 Å². The highest BCUT2D eigenvalue weighted by atomic mass is 16.1. The van der Waals surface area contributed by atoms with Gasteiger partial charge in [0.2, 0.25) is 5.91 Å². The number of benzene rings is 2. The van der Waals surface area contributed by atoms with Gasteiger partial charge in [-0.1, -0.05) is 42.5 Å². The van der Waals surface area contributed by atoms with E-state index in [9.17, 15) is 4.79 Å². The van der Waals surface area contributed by atoms with Gasteiger partial charge < -0.3 is 11.1 Å². The average Bonchev–Trinajstić information content (AvgIpc) is 2.46. The van der Waals surface area contributed by atoms with Crippen LogP contribution in [0.15, 0.2) is 54.6 Å². The van der Waals surface area contributed by atoms with Gasteiger partial charge in [0, 0.05) is 18.0 Å². The van der Waals surface area contributed by atoms with E-state index in [1.807, 2.05) is 61.5 Å². The van der Waals surface area contributed by atoms with Crippen LogP contribution < -0.4 is 11.1 Å². The van der Waals surface area contributed by atoms with E-state index >= 15 is 0 Å². The summed E-state index contributed by atoms with van der Waals surface area (Å²) in [5.41, 5.74) is 8.98. The van der Waals surface area contributed by atoms with Crippen LogP contribution in [0.25, 0.3) is 0 Å². The molecule has 0 spiro atoms. The summed E-state index contributed by atoms with van der Waals surface area (Å²) in [5, 5.41) is 2.90. The first-order chi connectivity index (χ1) is 9.70. The molecular weight excluding hydrogens is 248 g/mol. The zero-order valence-electron chi connectivity index (χ0n) is 11.7. The monoisotopic (exact) mass is 268 g/mol. The van der Waals surface area contributed by atoms with Crippen molar-refractivity contribution in [1.29, 1.82) is 0 Å². The summed E-state index contributed by atoms with van der Waals surface area (Å²) < 4.78 is 0. The molecule has 0 aliphatic rings. The lowest BCUT2D eigenvalue weighted by molar-refractivity contribution is -0.116. The van der Waals surface area contributed by atoms with E-state index in [0.717, 1.165) is 11.3 Å². The summed E-state index contributed by atoms with van der Waals surface area (Å²) in [6.07, 6.45) is 0.399. The predicted molar refractivity (Wildman–Crippen MR) is 82.7 cm³/mol. The Morgan fingerprint density at radius 3 is 2.40 bits per heavy atom. The maximum absolute atomic E-state index is 12.1. The third kappa shape index (κ3) is 3.68. The van der Waals surface area contributed by atoms with Gasteiger partial charge in [0.25, 0.3) is 0 Å². The molecule has 1 unspecified atom stereocenters. The molecule has 20 heavy (non-hydrogen) atoms. The third-order valence-electron chi connectivity index (χ3n) is 3.40. The normalized spacial score (nSPS) is 11.9. The Bertz CT molecular complexity index is 566. The fraction of sp³-hybridized carbons (Fsp3) is 0.235. The van der Waals surface area contributed by atoms with E-state index in [1.54, 1.807) is 0 Å². The van der Waals surface area contributed by atoms with Gasteiger partial charge in [0.05, 0.1) is 0 Å². The third-order valence-corrected chi connectivity index (χ3v) is 3.40. The second-order valence-corrected chi connectivity index (χ2v) is 4.91. The highest BCUT2D eigenvalue weighted by Gasteiger charge is 2.16. The zero-order valence-corrected chi connectivity index (χ0v) is 11.7. The fourth-order valence-electron chi connectivity index (χ4n) is 2.32. The Kier molecular flexibility index (Phi) is 4.91. The molecule has 3 heteroatoms. The highest BCUT2D eigenvalue weighted by molar-refractivity contribution is 5.91. The average molecular weight is 268 g/mol. The minimum atomic E-state index is -0.00472. The van der Waals surface area contributed by atoms with E-state index < -0.39 is 0 Å². The number of amides is 1. The van der Waals surface area contributed by atoms with E-state index in [2.05, 4.69) is 5.32 Å². The van der Waals surface area contributed by atoms with Gasteiger partial charge >= 0.3 is 0 Å². The van der Waals surface area contributed by atoms with Crippen LogP contribution in [0.3, 0.4) is 0 Å². The Balaban J connectivity index is 2.04. The number of carbonyl (C=O) groups excluding carboxylic acids is 1. The lowest BCUT2D eigenvalue weighted by Gasteiger charge is -2.17. The molecule has 0 bridgehead atoms. The number of nitrogens with one attached hydrogen (secondary N) is 1. The number of hydrogen-bond donors (Lipinski definition) is 2. The van der Waals surface area contributed by atoms with Crippen molar-refractivity contribution < 1.29 is 4.79 Å². The quantitative estimate of drug-likeness (QED) is 0.875. The molecule has 0 aromatic heterocycles. The molecule has 0 heterocycles. The molecule has 3 nitrogen and oxygen atoms in total. The first kappa shape index (κ1) is 14.3. The van der Waals surface area contributed by atoms with Crippen LogP contribution in [0.1, 0.15) is 23.5 Å². The summed E-state index contributed by atoms with van der Waals surface area (Å²) in [6.45, 7) is 2.51. The van der Waals surface area contributed by atoms with Crippen molar-refractivity contribution in [2.24, 2.45) is 5.73 Å². The SMILES string of the molecule is Cc1ccccc1C(CN)CC(=O)Nc1ccccc1. The second-order valence-electron chi connectivity index (χ2n) is 4.91. The predicted octanol–water partition coefficient (Wildman–Crippen LogP) is 3.07. The van der Waals surface area contributed by atoms with E-state index in [4.69, 9.17) is 5.73 Å². The summed E-state index contributed by atoms with van der Waals surface area (Å²) in [5.74, 6) is 0.0508. The number of nitrogens with two attached hydrogens (primary N) is 1. The minimum Gasteiger partial charge on any atom is -0.330 e. The molecule has 0 saturated carbocycles. The highest BCUT2D eigenvalue weighted by Crippen LogP contribution is 2.22. The van der Waals surface area contributed by atoms with E-state index in [-0.39, 0.29) is 11.8 Å². The van der Waals surface area contributed by atoms with Gasteiger partial charge in [-0.15, -0.1) is 0 Å². The van der Waals surface area contributed by atoms with Gasteiger partial charge in [0.1, 0.15) is 0 Å². The largest absolute Gasteiger partial charge is 0.330 e. The second kappa shape index (κ2) is 6.87. The van der Waals surface area contributed by atoms with Gasteiger partial charge in [-0.2, -0.15) is 0 Å². The molecule has 0 saturated heterocycles. The zero-order chi connectivity index (χ0) is 14.4. The standard InChI is InChI=1S/C17H20N2O/c1-13-7-5-6-10-16(13)14(12-18)11-17(20)19-15-8-3-2-4-9-15/h2-10,14H,11-12,18H2,1H3,(H,19,20). The molecule has 0 fully saturated rings. The Labute approximate surface area is 119 Å². The van der Waals surface area contributed by atoms with Crippen LogP contribution in [0.2, 0.25) is 0 Å². The number of aryl methyl sites for hydroxylation is 1. The van der Waals surface area contributed by atoms with Gasteiger partial charge in [-0.3, -0.25) is 4.79 Å². The van der Waals surface area contributed by atoms with Gasteiger partial charge in [-0.25, -0.2) is 0 Å². The molecule has 1 amide bonds. The van der Waals surface area contributed by atoms with Crippen LogP contribution >= 0.6 is 0 Å². The number of anilines is 1. The summed E-state index contributed by atoms with van der Waals surface area (Å²) in [6, 6.07) is 17.6. The first-order valence-corrected chi connectivity index (χ1v) is 6.81. The molecule has 0 aliphatic carbocycles. The number of hydrogen-bond acceptors (Lipinski definition) is 2. The summed E-state index contributed by atoms with van der Waals surface area (Å²) in [7, 11) is 0. The number of carbonyl (C=O) groups is 1. The van der Waals surface area contributed by atoms with E-state index in [1.165, 1.54) is 5.56 Å². The van der Waals surface area contributed by atoms with Gasteiger partial charge in [-0.05, 0) is 36.7 Å². The minimum absolute atomic E-state index is 0.00472. The lowest BCUT2D eigenvalue weighted by atomic mass is 9.92. The molecule has 0 aliphatic heterocycles. The van der Waals surface area contributed by atoms with Crippen molar-refractivity contribution in [3.63, 3.8) is 0 Å². The molecule has 3 N–H and O–H groups in total.